The van der Waals surface area contributed by atoms with E-state index in [2.05, 4.69) is 4.98 Å². The average Bonchev–Trinajstić information content (AvgIpc) is 2.71. The molecule has 1 saturated heterocycles. The van der Waals surface area contributed by atoms with E-state index in [4.69, 9.17) is 0 Å². The van der Waals surface area contributed by atoms with Crippen LogP contribution in [0.5, 0.6) is 0 Å². The number of nitrogens with one attached hydrogen (secondary N) is 1. The van der Waals surface area contributed by atoms with Gasteiger partial charge in [0.05, 0.1) is 12.6 Å². The average molecular weight is 272 g/mol. The summed E-state index contributed by atoms with van der Waals surface area (Å²) in [6, 6.07) is 0.731. The summed E-state index contributed by atoms with van der Waals surface area (Å²) in [4.78, 5) is 14.0. The van der Waals surface area contributed by atoms with Crippen molar-refractivity contribution in [2.24, 2.45) is 5.92 Å². The summed E-state index contributed by atoms with van der Waals surface area (Å²) in [7, 11) is -3.83. The van der Waals surface area contributed by atoms with Crippen molar-refractivity contribution >= 4 is 10.0 Å². The number of pyridine rings is 1. The van der Waals surface area contributed by atoms with Gasteiger partial charge >= 0.3 is 0 Å². The fraction of sp³-hybridized carbons (Fsp3) is 0.545. The largest absolute Gasteiger partial charge is 0.395 e. The first kappa shape index (κ1) is 13.3. The lowest BCUT2D eigenvalue weighted by Crippen LogP contribution is -2.41. The molecule has 1 aromatic heterocycles. The highest BCUT2D eigenvalue weighted by Crippen LogP contribution is 2.28. The van der Waals surface area contributed by atoms with Gasteiger partial charge in [0.1, 0.15) is 4.90 Å². The number of aromatic amines is 1. The van der Waals surface area contributed by atoms with Gasteiger partial charge < -0.3 is 10.1 Å². The lowest BCUT2D eigenvalue weighted by molar-refractivity contribution is 0.191. The standard InChI is InChI=1S/C11H16N2O4S/c1-8-3-5-13(9(8)7-14)18(16,17)11-6-12-4-2-10(11)15/h2,4,6,8-9,14H,3,5,7H2,1H3,(H,12,15). The Labute approximate surface area is 105 Å². The Kier molecular flexibility index (Phi) is 3.56. The van der Waals surface area contributed by atoms with E-state index in [0.717, 1.165) is 0 Å². The van der Waals surface area contributed by atoms with E-state index >= 15 is 0 Å². The van der Waals surface area contributed by atoms with Crippen LogP contribution >= 0.6 is 0 Å². The van der Waals surface area contributed by atoms with E-state index in [-0.39, 0.29) is 17.4 Å². The third-order valence-corrected chi connectivity index (χ3v) is 5.34. The molecule has 100 valence electrons. The molecule has 1 aliphatic rings. The van der Waals surface area contributed by atoms with Gasteiger partial charge in [0, 0.05) is 25.0 Å². The fourth-order valence-electron chi connectivity index (χ4n) is 2.27. The van der Waals surface area contributed by atoms with Gasteiger partial charge in [-0.25, -0.2) is 8.42 Å². The first-order chi connectivity index (χ1) is 8.48. The molecular weight excluding hydrogens is 256 g/mol. The van der Waals surface area contributed by atoms with E-state index < -0.39 is 21.5 Å². The van der Waals surface area contributed by atoms with Crippen LogP contribution in [0.15, 0.2) is 28.2 Å². The SMILES string of the molecule is CC1CCN(S(=O)(=O)c2c[nH]ccc2=O)C1CO. The quantitative estimate of drug-likeness (QED) is 0.795. The van der Waals surface area contributed by atoms with Crippen LogP contribution in [0.4, 0.5) is 0 Å². The molecule has 6 nitrogen and oxygen atoms in total. The van der Waals surface area contributed by atoms with Crippen LogP contribution in [-0.2, 0) is 10.0 Å². The third kappa shape index (κ3) is 2.09. The maximum Gasteiger partial charge on any atom is 0.248 e. The molecule has 2 atom stereocenters. The Hall–Kier alpha value is -1.18. The zero-order chi connectivity index (χ0) is 13.3. The zero-order valence-electron chi connectivity index (χ0n) is 10.0. The number of aliphatic hydroxyl groups is 1. The van der Waals surface area contributed by atoms with Gasteiger partial charge in [0.15, 0.2) is 0 Å². The van der Waals surface area contributed by atoms with Crippen LogP contribution in [0, 0.1) is 5.92 Å². The molecule has 0 amide bonds. The van der Waals surface area contributed by atoms with E-state index in [1.807, 2.05) is 6.92 Å². The van der Waals surface area contributed by atoms with Crippen molar-refractivity contribution in [3.8, 4) is 0 Å². The molecule has 2 N–H and O–H groups in total. The first-order valence-electron chi connectivity index (χ1n) is 5.78. The van der Waals surface area contributed by atoms with Gasteiger partial charge in [-0.1, -0.05) is 6.92 Å². The minimum absolute atomic E-state index is 0.0903. The van der Waals surface area contributed by atoms with Gasteiger partial charge in [-0.05, 0) is 12.3 Å². The van der Waals surface area contributed by atoms with Gasteiger partial charge in [-0.2, -0.15) is 4.31 Å². The highest BCUT2D eigenvalue weighted by atomic mass is 32.2. The number of aliphatic hydroxyl groups excluding tert-OH is 1. The molecule has 18 heavy (non-hydrogen) atoms. The number of H-pyrrole nitrogens is 1. The second kappa shape index (κ2) is 4.83. The Bertz CT molecular complexity index is 581. The lowest BCUT2D eigenvalue weighted by atomic mass is 10.0. The predicted molar refractivity (Wildman–Crippen MR) is 65.6 cm³/mol. The van der Waals surface area contributed by atoms with Gasteiger partial charge in [0.25, 0.3) is 0 Å². The molecular formula is C11H16N2O4S. The highest BCUT2D eigenvalue weighted by Gasteiger charge is 2.39. The molecule has 1 fully saturated rings. The van der Waals surface area contributed by atoms with Crippen molar-refractivity contribution in [1.82, 2.24) is 9.29 Å². The van der Waals surface area contributed by atoms with Crippen molar-refractivity contribution in [3.05, 3.63) is 28.7 Å². The Morgan fingerprint density at radius 2 is 2.28 bits per heavy atom. The van der Waals surface area contributed by atoms with Gasteiger partial charge in [0.2, 0.25) is 15.5 Å². The Morgan fingerprint density at radius 1 is 1.56 bits per heavy atom. The minimum atomic E-state index is -3.83. The molecule has 0 saturated carbocycles. The van der Waals surface area contributed by atoms with Crippen molar-refractivity contribution in [2.75, 3.05) is 13.2 Å². The molecule has 2 unspecified atom stereocenters. The van der Waals surface area contributed by atoms with Crippen molar-refractivity contribution in [2.45, 2.75) is 24.3 Å². The maximum atomic E-state index is 12.4. The summed E-state index contributed by atoms with van der Waals surface area (Å²) >= 11 is 0. The van der Waals surface area contributed by atoms with Crippen molar-refractivity contribution < 1.29 is 13.5 Å². The number of hydrogen-bond acceptors (Lipinski definition) is 4. The molecule has 1 aliphatic heterocycles. The predicted octanol–water partition coefficient (Wildman–Crippen LogP) is -0.234. The molecule has 0 aromatic carbocycles. The van der Waals surface area contributed by atoms with E-state index in [0.29, 0.717) is 13.0 Å². The molecule has 2 heterocycles. The lowest BCUT2D eigenvalue weighted by Gasteiger charge is -2.24. The van der Waals surface area contributed by atoms with Crippen LogP contribution in [0.1, 0.15) is 13.3 Å². The monoisotopic (exact) mass is 272 g/mol. The van der Waals surface area contributed by atoms with Gasteiger partial charge in [-0.15, -0.1) is 0 Å². The van der Waals surface area contributed by atoms with Crippen LogP contribution < -0.4 is 5.43 Å². The van der Waals surface area contributed by atoms with E-state index in [9.17, 15) is 18.3 Å². The van der Waals surface area contributed by atoms with E-state index in [1.165, 1.54) is 22.8 Å². The topological polar surface area (TPSA) is 90.5 Å². The van der Waals surface area contributed by atoms with Crippen LogP contribution in [-0.4, -0.2) is 42.0 Å². The van der Waals surface area contributed by atoms with Crippen molar-refractivity contribution in [3.63, 3.8) is 0 Å². The summed E-state index contributed by atoms with van der Waals surface area (Å²) in [5.41, 5.74) is -0.537. The molecule has 0 bridgehead atoms. The second-order valence-electron chi connectivity index (χ2n) is 4.50. The summed E-state index contributed by atoms with van der Waals surface area (Å²) in [5, 5.41) is 9.29. The molecule has 0 aliphatic carbocycles. The zero-order valence-corrected chi connectivity index (χ0v) is 10.9. The van der Waals surface area contributed by atoms with E-state index in [1.54, 1.807) is 0 Å². The Balaban J connectivity index is 2.44. The summed E-state index contributed by atoms with van der Waals surface area (Å²) in [5.74, 6) is 0.0903. The summed E-state index contributed by atoms with van der Waals surface area (Å²) < 4.78 is 26.0. The fourth-order valence-corrected chi connectivity index (χ4v) is 4.04. The number of hydrogen-bond donors (Lipinski definition) is 2. The highest BCUT2D eigenvalue weighted by molar-refractivity contribution is 7.89. The number of nitrogens with zero attached hydrogens (tertiary/aromatic N) is 1. The number of sulfonamides is 1. The molecule has 7 heteroatoms. The third-order valence-electron chi connectivity index (χ3n) is 3.39. The second-order valence-corrected chi connectivity index (χ2v) is 6.36. The smallest absolute Gasteiger partial charge is 0.248 e. The van der Waals surface area contributed by atoms with Crippen LogP contribution in [0.2, 0.25) is 0 Å². The number of aromatic nitrogens is 1. The van der Waals surface area contributed by atoms with Crippen LogP contribution in [0.25, 0.3) is 0 Å². The first-order valence-corrected chi connectivity index (χ1v) is 7.22. The van der Waals surface area contributed by atoms with Crippen molar-refractivity contribution in [1.29, 1.82) is 0 Å². The molecule has 0 spiro atoms. The summed E-state index contributed by atoms with van der Waals surface area (Å²) in [6.45, 7) is 2.00. The molecule has 1 aromatic rings. The normalized spacial score (nSPS) is 25.4. The van der Waals surface area contributed by atoms with Crippen LogP contribution in [0.3, 0.4) is 0 Å². The van der Waals surface area contributed by atoms with Gasteiger partial charge in [-0.3, -0.25) is 4.79 Å². The Morgan fingerprint density at radius 3 is 2.89 bits per heavy atom. The number of rotatable bonds is 3. The maximum absolute atomic E-state index is 12.4. The summed E-state index contributed by atoms with van der Waals surface area (Å²) in [6.07, 6.45) is 3.27. The molecule has 2 rings (SSSR count). The minimum Gasteiger partial charge on any atom is -0.395 e. The molecule has 0 radical (unpaired) electrons.